The van der Waals surface area contributed by atoms with E-state index in [4.69, 9.17) is 9.47 Å². The van der Waals surface area contributed by atoms with Crippen molar-refractivity contribution in [1.29, 1.82) is 0 Å². The first-order valence-corrected chi connectivity index (χ1v) is 11.0. The van der Waals surface area contributed by atoms with Crippen molar-refractivity contribution < 1.29 is 14.3 Å². The first kappa shape index (κ1) is 22.7. The van der Waals surface area contributed by atoms with Crippen LogP contribution in [0.25, 0.3) is 0 Å². The molecule has 0 aliphatic heterocycles. The zero-order valence-corrected chi connectivity index (χ0v) is 18.4. The first-order valence-electron chi connectivity index (χ1n) is 11.0. The largest absolute Gasteiger partial charge is 0.494 e. The van der Waals surface area contributed by atoms with Crippen LogP contribution in [0.2, 0.25) is 0 Å². The molecule has 0 amide bonds. The normalized spacial score (nSPS) is 16.7. The summed E-state index contributed by atoms with van der Waals surface area (Å²) < 4.78 is 11.0. The van der Waals surface area contributed by atoms with Crippen molar-refractivity contribution >= 4 is 5.97 Å². The average molecular weight is 390 g/mol. The van der Waals surface area contributed by atoms with E-state index in [-0.39, 0.29) is 11.4 Å². The van der Waals surface area contributed by atoms with Gasteiger partial charge in [-0.15, -0.1) is 0 Å². The number of ether oxygens (including phenoxy) is 2. The van der Waals surface area contributed by atoms with Crippen LogP contribution >= 0.6 is 0 Å². The van der Waals surface area contributed by atoms with Crippen LogP contribution in [0, 0.1) is 11.8 Å². The van der Waals surface area contributed by atoms with E-state index in [0.717, 1.165) is 12.2 Å². The Morgan fingerprint density at radius 2 is 1.79 bits per heavy atom. The summed E-state index contributed by atoms with van der Waals surface area (Å²) in [5.41, 5.74) is 1.58. The molecule has 1 N–H and O–H groups in total. The molecule has 1 aliphatic carbocycles. The lowest BCUT2D eigenvalue weighted by Crippen LogP contribution is -2.54. The van der Waals surface area contributed by atoms with Crippen LogP contribution in [0.15, 0.2) is 24.3 Å². The number of hydrogen-bond acceptors (Lipinski definition) is 4. The number of carbonyl (C=O) groups is 1. The maximum atomic E-state index is 11.8. The summed E-state index contributed by atoms with van der Waals surface area (Å²) in [6, 6.07) is 9.06. The highest BCUT2D eigenvalue weighted by molar-refractivity contribution is 5.69. The van der Waals surface area contributed by atoms with Gasteiger partial charge in [-0.1, -0.05) is 46.2 Å². The monoisotopic (exact) mass is 389 g/mol. The molecule has 1 aliphatic rings. The molecule has 158 valence electrons. The summed E-state index contributed by atoms with van der Waals surface area (Å²) in [5.74, 6) is 1.79. The molecule has 1 fully saturated rings. The molecule has 2 rings (SSSR count). The third kappa shape index (κ3) is 6.23. The maximum Gasteiger partial charge on any atom is 0.306 e. The zero-order chi connectivity index (χ0) is 20.6. The van der Waals surface area contributed by atoms with Gasteiger partial charge in [-0.05, 0) is 55.7 Å². The molecule has 1 unspecified atom stereocenters. The van der Waals surface area contributed by atoms with Crippen molar-refractivity contribution in [3.63, 3.8) is 0 Å². The van der Waals surface area contributed by atoms with Crippen LogP contribution in [-0.4, -0.2) is 31.8 Å². The minimum absolute atomic E-state index is 0.0953. The number of hydrogen-bond donors (Lipinski definition) is 1. The standard InChI is InChI=1S/C24H39NO3/c1-6-27-21-10-8-20(9-11-21)24(12-7-13-24)22(16-18(2)3)25-14-15-28-23(26)17-19(4)5/h8-11,18-19,22,25H,6-7,12-17H2,1-5H3. The molecule has 1 aromatic carbocycles. The second kappa shape index (κ2) is 10.8. The fourth-order valence-corrected chi connectivity index (χ4v) is 4.21. The van der Waals surface area contributed by atoms with Gasteiger partial charge in [-0.3, -0.25) is 4.79 Å². The van der Waals surface area contributed by atoms with Gasteiger partial charge in [0.15, 0.2) is 0 Å². The molecule has 1 saturated carbocycles. The first-order chi connectivity index (χ1) is 13.4. The minimum atomic E-state index is -0.0953. The van der Waals surface area contributed by atoms with Gasteiger partial charge < -0.3 is 14.8 Å². The van der Waals surface area contributed by atoms with Gasteiger partial charge in [-0.2, -0.15) is 0 Å². The molecule has 4 heteroatoms. The summed E-state index contributed by atoms with van der Waals surface area (Å²) in [6.45, 7) is 12.5. The van der Waals surface area contributed by atoms with Crippen LogP contribution in [0.3, 0.4) is 0 Å². The van der Waals surface area contributed by atoms with E-state index in [1.54, 1.807) is 0 Å². The Balaban J connectivity index is 2.01. The van der Waals surface area contributed by atoms with E-state index in [1.807, 2.05) is 20.8 Å². The van der Waals surface area contributed by atoms with Gasteiger partial charge in [0, 0.05) is 24.4 Å². The minimum Gasteiger partial charge on any atom is -0.494 e. The Bertz CT molecular complexity index is 590. The van der Waals surface area contributed by atoms with Crippen molar-refractivity contribution in [1.82, 2.24) is 5.32 Å². The third-order valence-corrected chi connectivity index (χ3v) is 5.69. The third-order valence-electron chi connectivity index (χ3n) is 5.69. The van der Waals surface area contributed by atoms with Gasteiger partial charge in [0.05, 0.1) is 6.61 Å². The molecule has 4 nitrogen and oxygen atoms in total. The predicted octanol–water partition coefficient (Wildman–Crippen LogP) is 5.10. The van der Waals surface area contributed by atoms with Crippen molar-refractivity contribution in [2.24, 2.45) is 11.8 Å². The summed E-state index contributed by atoms with van der Waals surface area (Å²) in [4.78, 5) is 11.8. The molecule has 0 aromatic heterocycles. The number of esters is 1. The molecule has 0 saturated heterocycles. The molecule has 0 radical (unpaired) electrons. The topological polar surface area (TPSA) is 47.6 Å². The molecule has 0 spiro atoms. The summed E-state index contributed by atoms with van der Waals surface area (Å²) in [7, 11) is 0. The number of benzene rings is 1. The Labute approximate surface area is 171 Å². The highest BCUT2D eigenvalue weighted by Gasteiger charge is 2.45. The Kier molecular flexibility index (Phi) is 8.81. The average Bonchev–Trinajstić information content (AvgIpc) is 2.58. The SMILES string of the molecule is CCOc1ccc(C2(C(CC(C)C)NCCOC(=O)CC(C)C)CCC2)cc1. The number of carbonyl (C=O) groups excluding carboxylic acids is 1. The molecule has 1 aromatic rings. The second-order valence-electron chi connectivity index (χ2n) is 8.92. The highest BCUT2D eigenvalue weighted by atomic mass is 16.5. The van der Waals surface area contributed by atoms with E-state index < -0.39 is 0 Å². The van der Waals surface area contributed by atoms with Crippen molar-refractivity contribution in [3.8, 4) is 5.75 Å². The van der Waals surface area contributed by atoms with Gasteiger partial charge in [0.1, 0.15) is 12.4 Å². The molecule has 0 heterocycles. The van der Waals surface area contributed by atoms with E-state index in [1.165, 1.54) is 24.8 Å². The Morgan fingerprint density at radius 3 is 2.29 bits per heavy atom. The Hall–Kier alpha value is -1.55. The molecular formula is C24H39NO3. The van der Waals surface area contributed by atoms with Gasteiger partial charge in [0.2, 0.25) is 0 Å². The van der Waals surface area contributed by atoms with Crippen LogP contribution < -0.4 is 10.1 Å². The lowest BCUT2D eigenvalue weighted by Gasteiger charge is -2.49. The van der Waals surface area contributed by atoms with E-state index in [2.05, 4.69) is 43.4 Å². The zero-order valence-electron chi connectivity index (χ0n) is 18.4. The number of nitrogens with one attached hydrogen (secondary N) is 1. The quantitative estimate of drug-likeness (QED) is 0.399. The van der Waals surface area contributed by atoms with Crippen LogP contribution in [0.1, 0.15) is 72.3 Å². The van der Waals surface area contributed by atoms with E-state index >= 15 is 0 Å². The van der Waals surface area contributed by atoms with Crippen LogP contribution in [0.4, 0.5) is 0 Å². The van der Waals surface area contributed by atoms with E-state index in [0.29, 0.717) is 44.1 Å². The van der Waals surface area contributed by atoms with E-state index in [9.17, 15) is 4.79 Å². The summed E-state index contributed by atoms with van der Waals surface area (Å²) >= 11 is 0. The molecule has 28 heavy (non-hydrogen) atoms. The number of rotatable bonds is 12. The van der Waals surface area contributed by atoms with Crippen molar-refractivity contribution in [2.75, 3.05) is 19.8 Å². The fraction of sp³-hybridized carbons (Fsp3) is 0.708. The smallest absolute Gasteiger partial charge is 0.306 e. The fourth-order valence-electron chi connectivity index (χ4n) is 4.21. The summed E-state index contributed by atoms with van der Waals surface area (Å²) in [6.07, 6.45) is 5.29. The van der Waals surface area contributed by atoms with Crippen LogP contribution in [0.5, 0.6) is 5.75 Å². The highest BCUT2D eigenvalue weighted by Crippen LogP contribution is 2.48. The van der Waals surface area contributed by atoms with Crippen molar-refractivity contribution in [3.05, 3.63) is 29.8 Å². The molecular weight excluding hydrogens is 350 g/mol. The lowest BCUT2D eigenvalue weighted by molar-refractivity contribution is -0.144. The van der Waals surface area contributed by atoms with Crippen molar-refractivity contribution in [2.45, 2.75) is 78.2 Å². The van der Waals surface area contributed by atoms with Gasteiger partial charge in [0.25, 0.3) is 0 Å². The summed E-state index contributed by atoms with van der Waals surface area (Å²) in [5, 5.41) is 3.73. The maximum absolute atomic E-state index is 11.8. The van der Waals surface area contributed by atoms with Gasteiger partial charge in [-0.25, -0.2) is 0 Å². The van der Waals surface area contributed by atoms with Crippen LogP contribution in [-0.2, 0) is 14.9 Å². The lowest BCUT2D eigenvalue weighted by atomic mass is 9.59. The molecule has 0 bridgehead atoms. The Morgan fingerprint density at radius 1 is 1.11 bits per heavy atom. The molecule has 1 atom stereocenters. The second-order valence-corrected chi connectivity index (χ2v) is 8.92. The predicted molar refractivity (Wildman–Crippen MR) is 115 cm³/mol. The van der Waals surface area contributed by atoms with Gasteiger partial charge >= 0.3 is 5.97 Å².